The van der Waals surface area contributed by atoms with Gasteiger partial charge < -0.3 is 5.73 Å². The fourth-order valence-corrected chi connectivity index (χ4v) is 2.36. The van der Waals surface area contributed by atoms with Crippen LogP contribution in [0.4, 0.5) is 10.3 Å². The van der Waals surface area contributed by atoms with Crippen LogP contribution in [0.5, 0.6) is 0 Å². The highest BCUT2D eigenvalue weighted by Crippen LogP contribution is 2.24. The molecule has 0 bridgehead atoms. The predicted octanol–water partition coefficient (Wildman–Crippen LogP) is 0.843. The van der Waals surface area contributed by atoms with Gasteiger partial charge in [0.1, 0.15) is 6.67 Å². The van der Waals surface area contributed by atoms with Gasteiger partial charge in [-0.15, -0.1) is 0 Å². The molecular weight excluding hydrogens is 271 g/mol. The molecule has 0 radical (unpaired) electrons. The Balaban J connectivity index is 2.53. The monoisotopic (exact) mass is 282 g/mol. The summed E-state index contributed by atoms with van der Waals surface area (Å²) in [7, 11) is -3.94. The van der Waals surface area contributed by atoms with Gasteiger partial charge in [-0.2, -0.15) is 0 Å². The number of aromatic nitrogens is 2. The molecule has 100 valence electrons. The number of halogens is 1. The Morgan fingerprint density at radius 3 is 2.32 bits per heavy atom. The first-order valence-electron chi connectivity index (χ1n) is 5.21. The standard InChI is InChI=1S/C11H11FN4O2S/c12-4-8-3-7(1-2-10(8)19(14,17)18)9-5-15-11(13)16-6-9/h1-3,5-6H,4H2,(H2,13,15,16)(H2,14,17,18). The van der Waals surface area contributed by atoms with Crippen LogP contribution in [0.25, 0.3) is 11.1 Å². The molecule has 2 rings (SSSR count). The van der Waals surface area contributed by atoms with Gasteiger partial charge >= 0.3 is 0 Å². The van der Waals surface area contributed by atoms with Crippen molar-refractivity contribution in [3.8, 4) is 11.1 Å². The number of benzene rings is 1. The number of sulfonamides is 1. The molecule has 1 heterocycles. The van der Waals surface area contributed by atoms with Gasteiger partial charge in [0.2, 0.25) is 16.0 Å². The second kappa shape index (κ2) is 4.90. The molecular formula is C11H11FN4O2S. The Bertz CT molecular complexity index is 701. The van der Waals surface area contributed by atoms with Crippen LogP contribution in [-0.4, -0.2) is 18.4 Å². The van der Waals surface area contributed by atoms with E-state index in [4.69, 9.17) is 10.9 Å². The summed E-state index contributed by atoms with van der Waals surface area (Å²) in [6, 6.07) is 4.17. The Morgan fingerprint density at radius 2 is 1.79 bits per heavy atom. The smallest absolute Gasteiger partial charge is 0.238 e. The van der Waals surface area contributed by atoms with Crippen molar-refractivity contribution in [1.29, 1.82) is 0 Å². The zero-order valence-corrected chi connectivity index (χ0v) is 10.6. The first-order valence-corrected chi connectivity index (χ1v) is 6.76. The third-order valence-electron chi connectivity index (χ3n) is 2.52. The number of nitrogens with two attached hydrogens (primary N) is 2. The van der Waals surface area contributed by atoms with Gasteiger partial charge in [0, 0.05) is 23.5 Å². The Morgan fingerprint density at radius 1 is 1.16 bits per heavy atom. The predicted molar refractivity (Wildman–Crippen MR) is 68.1 cm³/mol. The van der Waals surface area contributed by atoms with Gasteiger partial charge in [-0.25, -0.2) is 27.9 Å². The van der Waals surface area contributed by atoms with E-state index >= 15 is 0 Å². The number of nitrogen functional groups attached to an aromatic ring is 1. The van der Waals surface area contributed by atoms with Gasteiger partial charge in [-0.1, -0.05) is 6.07 Å². The van der Waals surface area contributed by atoms with E-state index < -0.39 is 16.7 Å². The lowest BCUT2D eigenvalue weighted by molar-refractivity contribution is 0.478. The van der Waals surface area contributed by atoms with Crippen LogP contribution in [0.2, 0.25) is 0 Å². The number of hydrogen-bond donors (Lipinski definition) is 2. The molecule has 2 aromatic rings. The highest BCUT2D eigenvalue weighted by Gasteiger charge is 2.14. The highest BCUT2D eigenvalue weighted by molar-refractivity contribution is 7.89. The third kappa shape index (κ3) is 2.85. The second-order valence-corrected chi connectivity index (χ2v) is 5.36. The average molecular weight is 282 g/mol. The quantitative estimate of drug-likeness (QED) is 0.866. The summed E-state index contributed by atoms with van der Waals surface area (Å²) in [4.78, 5) is 7.40. The molecule has 4 N–H and O–H groups in total. The van der Waals surface area contributed by atoms with E-state index in [1.807, 2.05) is 0 Å². The largest absolute Gasteiger partial charge is 0.368 e. The summed E-state index contributed by atoms with van der Waals surface area (Å²) in [5.74, 6) is 0.121. The molecule has 1 aromatic heterocycles. The molecule has 0 atom stereocenters. The lowest BCUT2D eigenvalue weighted by Crippen LogP contribution is -2.14. The molecule has 6 nitrogen and oxygen atoms in total. The van der Waals surface area contributed by atoms with Gasteiger partial charge in [0.15, 0.2) is 0 Å². The zero-order valence-electron chi connectivity index (χ0n) is 9.75. The number of primary sulfonamides is 1. The lowest BCUT2D eigenvalue weighted by Gasteiger charge is -2.07. The normalized spacial score (nSPS) is 11.5. The van der Waals surface area contributed by atoms with Gasteiger partial charge in [-0.3, -0.25) is 0 Å². The maximum atomic E-state index is 12.9. The minimum atomic E-state index is -3.94. The van der Waals surface area contributed by atoms with E-state index in [9.17, 15) is 12.8 Å². The van der Waals surface area contributed by atoms with Crippen molar-refractivity contribution in [2.24, 2.45) is 5.14 Å². The number of anilines is 1. The molecule has 0 aliphatic heterocycles. The maximum absolute atomic E-state index is 12.9. The van der Waals surface area contributed by atoms with Crippen LogP contribution < -0.4 is 10.9 Å². The fourth-order valence-electron chi connectivity index (χ4n) is 1.63. The molecule has 8 heteroatoms. The number of nitrogens with zero attached hydrogens (tertiary/aromatic N) is 2. The fraction of sp³-hybridized carbons (Fsp3) is 0.0909. The SMILES string of the molecule is Nc1ncc(-c2ccc(S(N)(=O)=O)c(CF)c2)cn1. The summed E-state index contributed by atoms with van der Waals surface area (Å²) >= 11 is 0. The van der Waals surface area contributed by atoms with Crippen LogP contribution in [0.3, 0.4) is 0 Å². The van der Waals surface area contributed by atoms with Crippen molar-refractivity contribution < 1.29 is 12.8 Å². The molecule has 0 saturated carbocycles. The summed E-state index contributed by atoms with van der Waals surface area (Å²) in [5.41, 5.74) is 6.55. The van der Waals surface area contributed by atoms with Crippen molar-refractivity contribution >= 4 is 16.0 Å². The molecule has 0 amide bonds. The van der Waals surface area contributed by atoms with E-state index in [2.05, 4.69) is 9.97 Å². The summed E-state index contributed by atoms with van der Waals surface area (Å²) in [6.07, 6.45) is 2.94. The van der Waals surface area contributed by atoms with Crippen molar-refractivity contribution in [2.45, 2.75) is 11.6 Å². The first-order chi connectivity index (χ1) is 8.91. The van der Waals surface area contributed by atoms with Gasteiger partial charge in [0.25, 0.3) is 0 Å². The number of rotatable bonds is 3. The van der Waals surface area contributed by atoms with Crippen LogP contribution in [-0.2, 0) is 16.7 Å². The summed E-state index contributed by atoms with van der Waals surface area (Å²) in [6.45, 7) is -0.935. The van der Waals surface area contributed by atoms with E-state index in [1.54, 1.807) is 0 Å². The molecule has 0 fully saturated rings. The highest BCUT2D eigenvalue weighted by atomic mass is 32.2. The third-order valence-corrected chi connectivity index (χ3v) is 3.53. The Hall–Kier alpha value is -2.06. The minimum absolute atomic E-state index is 0.00294. The van der Waals surface area contributed by atoms with Gasteiger partial charge in [-0.05, 0) is 17.7 Å². The minimum Gasteiger partial charge on any atom is -0.368 e. The summed E-state index contributed by atoms with van der Waals surface area (Å²) < 4.78 is 35.5. The first kappa shape index (κ1) is 13.4. The number of alkyl halides is 1. The van der Waals surface area contributed by atoms with Crippen molar-refractivity contribution in [3.63, 3.8) is 0 Å². The second-order valence-electron chi connectivity index (χ2n) is 3.83. The van der Waals surface area contributed by atoms with Crippen molar-refractivity contribution in [2.75, 3.05) is 5.73 Å². The lowest BCUT2D eigenvalue weighted by atomic mass is 10.1. The molecule has 0 unspecified atom stereocenters. The maximum Gasteiger partial charge on any atom is 0.238 e. The van der Waals surface area contributed by atoms with E-state index in [0.29, 0.717) is 11.1 Å². The molecule has 0 aliphatic rings. The topological polar surface area (TPSA) is 112 Å². The van der Waals surface area contributed by atoms with Crippen LogP contribution in [0.15, 0.2) is 35.5 Å². The molecule has 0 spiro atoms. The zero-order chi connectivity index (χ0) is 14.0. The molecule has 0 saturated heterocycles. The van der Waals surface area contributed by atoms with Crippen LogP contribution >= 0.6 is 0 Å². The Labute approximate surface area is 109 Å². The summed E-state index contributed by atoms with van der Waals surface area (Å²) in [5, 5.41) is 5.01. The number of hydrogen-bond acceptors (Lipinski definition) is 5. The molecule has 0 aliphatic carbocycles. The van der Waals surface area contributed by atoms with Crippen molar-refractivity contribution in [1.82, 2.24) is 9.97 Å². The van der Waals surface area contributed by atoms with Crippen LogP contribution in [0, 0.1) is 0 Å². The molecule has 19 heavy (non-hydrogen) atoms. The van der Waals surface area contributed by atoms with E-state index in [0.717, 1.165) is 0 Å². The average Bonchev–Trinajstić information content (AvgIpc) is 2.38. The van der Waals surface area contributed by atoms with Crippen molar-refractivity contribution in [3.05, 3.63) is 36.2 Å². The van der Waals surface area contributed by atoms with Crippen LogP contribution in [0.1, 0.15) is 5.56 Å². The van der Waals surface area contributed by atoms with E-state index in [1.165, 1.54) is 30.6 Å². The Kier molecular flexibility index (Phi) is 3.45. The van der Waals surface area contributed by atoms with Gasteiger partial charge in [0.05, 0.1) is 4.90 Å². The molecule has 1 aromatic carbocycles. The van der Waals surface area contributed by atoms with E-state index in [-0.39, 0.29) is 16.4 Å².